The predicted molar refractivity (Wildman–Crippen MR) is 113 cm³/mol. The number of rotatable bonds is 6. The van der Waals surface area contributed by atoms with E-state index in [1.54, 1.807) is 24.2 Å². The van der Waals surface area contributed by atoms with Gasteiger partial charge in [0.05, 0.1) is 12.8 Å². The van der Waals surface area contributed by atoms with Gasteiger partial charge in [0.15, 0.2) is 11.8 Å². The van der Waals surface area contributed by atoms with Crippen molar-refractivity contribution in [2.24, 2.45) is 7.05 Å². The van der Waals surface area contributed by atoms with Gasteiger partial charge in [-0.25, -0.2) is 14.6 Å². The number of hydrogen-bond donors (Lipinski definition) is 0. The third kappa shape index (κ3) is 3.94. The lowest BCUT2D eigenvalue weighted by Crippen LogP contribution is -2.46. The van der Waals surface area contributed by atoms with Crippen LogP contribution in [0.3, 0.4) is 0 Å². The molecular weight excluding hydrogens is 382 g/mol. The van der Waals surface area contributed by atoms with E-state index in [1.807, 2.05) is 43.1 Å². The Hall–Kier alpha value is -3.16. The van der Waals surface area contributed by atoms with Crippen molar-refractivity contribution in [2.45, 2.75) is 38.2 Å². The Morgan fingerprint density at radius 1 is 1.20 bits per heavy atom. The van der Waals surface area contributed by atoms with Gasteiger partial charge >= 0.3 is 0 Å². The predicted octanol–water partition coefficient (Wildman–Crippen LogP) is 2.94. The van der Waals surface area contributed by atoms with Gasteiger partial charge in [0.2, 0.25) is 0 Å². The van der Waals surface area contributed by atoms with E-state index < -0.39 is 6.10 Å². The number of aryl methyl sites for hydroxylation is 1. The molecule has 1 aromatic carbocycles. The van der Waals surface area contributed by atoms with Crippen LogP contribution in [-0.2, 0) is 11.8 Å². The number of ether oxygens (including phenoxy) is 2. The average molecular weight is 409 g/mol. The fraction of sp³-hybridized carbons (Fsp3) is 0.455. The van der Waals surface area contributed by atoms with Gasteiger partial charge in [-0.05, 0) is 43.5 Å². The summed E-state index contributed by atoms with van der Waals surface area (Å²) >= 11 is 0. The van der Waals surface area contributed by atoms with Crippen molar-refractivity contribution in [3.05, 3.63) is 42.4 Å². The van der Waals surface area contributed by atoms with E-state index in [9.17, 15) is 4.79 Å². The minimum Gasteiger partial charge on any atom is -0.497 e. The van der Waals surface area contributed by atoms with Crippen molar-refractivity contribution in [2.75, 3.05) is 20.2 Å². The van der Waals surface area contributed by atoms with E-state index in [-0.39, 0.29) is 11.8 Å². The van der Waals surface area contributed by atoms with E-state index in [0.29, 0.717) is 18.7 Å². The highest BCUT2D eigenvalue weighted by Gasteiger charge is 2.32. The number of nitrogens with zero attached hydrogens (tertiary/aromatic N) is 5. The quantitative estimate of drug-likeness (QED) is 0.623. The molecule has 4 rings (SSSR count). The number of amides is 1. The monoisotopic (exact) mass is 409 g/mol. The average Bonchev–Trinajstić information content (AvgIpc) is 3.14. The number of fused-ring (bicyclic) bond motifs is 1. The smallest absolute Gasteiger partial charge is 0.263 e. The van der Waals surface area contributed by atoms with Crippen LogP contribution in [-0.4, -0.2) is 56.9 Å². The second-order valence-corrected chi connectivity index (χ2v) is 7.55. The molecule has 1 aliphatic rings. The standard InChI is InChI=1S/C22H27N5O3/c1-4-18(30-17-9-7-16(29-3)8-10-17)22(28)27-13-5-6-15(14-27)19-20-21(26(2)25-19)24-12-11-23-20/h7-12,15,18H,4-6,13-14H2,1-3H3/t15-,18+/m1/s1. The first-order chi connectivity index (χ1) is 14.6. The van der Waals surface area contributed by atoms with Crippen molar-refractivity contribution < 1.29 is 14.3 Å². The normalized spacial score (nSPS) is 17.7. The Bertz CT molecular complexity index is 1020. The number of aromatic nitrogens is 4. The summed E-state index contributed by atoms with van der Waals surface area (Å²) in [6.45, 7) is 3.31. The van der Waals surface area contributed by atoms with Crippen molar-refractivity contribution in [3.8, 4) is 11.5 Å². The summed E-state index contributed by atoms with van der Waals surface area (Å²) in [5.74, 6) is 1.58. The van der Waals surface area contributed by atoms with E-state index in [0.717, 1.165) is 42.0 Å². The van der Waals surface area contributed by atoms with Gasteiger partial charge < -0.3 is 14.4 Å². The minimum atomic E-state index is -0.516. The lowest BCUT2D eigenvalue weighted by atomic mass is 9.94. The number of hydrogen-bond acceptors (Lipinski definition) is 6. The maximum Gasteiger partial charge on any atom is 0.263 e. The SMILES string of the molecule is CC[C@H](Oc1ccc(OC)cc1)C(=O)N1CCC[C@@H](c2nn(C)c3nccnc23)C1. The Labute approximate surface area is 175 Å². The van der Waals surface area contributed by atoms with Crippen LogP contribution in [0.1, 0.15) is 37.8 Å². The van der Waals surface area contributed by atoms with E-state index in [2.05, 4.69) is 15.1 Å². The zero-order valence-corrected chi connectivity index (χ0v) is 17.6. The summed E-state index contributed by atoms with van der Waals surface area (Å²) in [7, 11) is 3.50. The van der Waals surface area contributed by atoms with E-state index in [1.165, 1.54) is 0 Å². The summed E-state index contributed by atoms with van der Waals surface area (Å²) in [5.41, 5.74) is 2.51. The number of piperidine rings is 1. The summed E-state index contributed by atoms with van der Waals surface area (Å²) in [6, 6.07) is 7.31. The number of likely N-dealkylation sites (tertiary alicyclic amines) is 1. The van der Waals surface area contributed by atoms with E-state index >= 15 is 0 Å². The van der Waals surface area contributed by atoms with Crippen molar-refractivity contribution >= 4 is 17.1 Å². The molecule has 1 fully saturated rings. The topological polar surface area (TPSA) is 82.4 Å². The van der Waals surface area contributed by atoms with Crippen LogP contribution >= 0.6 is 0 Å². The highest BCUT2D eigenvalue weighted by Crippen LogP contribution is 2.30. The zero-order chi connectivity index (χ0) is 21.1. The van der Waals surface area contributed by atoms with Crippen LogP contribution in [0.2, 0.25) is 0 Å². The van der Waals surface area contributed by atoms with Crippen LogP contribution in [0, 0.1) is 0 Å². The summed E-state index contributed by atoms with van der Waals surface area (Å²) in [6.07, 6.45) is 5.35. The van der Waals surface area contributed by atoms with Gasteiger partial charge in [-0.3, -0.25) is 4.79 Å². The second-order valence-electron chi connectivity index (χ2n) is 7.55. The zero-order valence-electron chi connectivity index (χ0n) is 17.6. The molecule has 1 saturated heterocycles. The maximum absolute atomic E-state index is 13.2. The van der Waals surface area contributed by atoms with Crippen LogP contribution in [0.25, 0.3) is 11.2 Å². The van der Waals surface area contributed by atoms with Gasteiger partial charge in [0, 0.05) is 38.4 Å². The summed E-state index contributed by atoms with van der Waals surface area (Å²) in [4.78, 5) is 24.0. The molecule has 2 atom stereocenters. The molecule has 0 bridgehead atoms. The van der Waals surface area contributed by atoms with Gasteiger partial charge in [-0.2, -0.15) is 5.10 Å². The van der Waals surface area contributed by atoms with E-state index in [4.69, 9.17) is 9.47 Å². The van der Waals surface area contributed by atoms with Crippen molar-refractivity contribution in [1.29, 1.82) is 0 Å². The Morgan fingerprint density at radius 3 is 2.67 bits per heavy atom. The van der Waals surface area contributed by atoms with Gasteiger partial charge in [0.1, 0.15) is 17.0 Å². The number of methoxy groups -OCH3 is 1. The fourth-order valence-electron chi connectivity index (χ4n) is 4.01. The molecule has 0 radical (unpaired) electrons. The number of carbonyl (C=O) groups is 1. The summed E-state index contributed by atoms with van der Waals surface area (Å²) in [5, 5.41) is 4.67. The van der Waals surface area contributed by atoms with Crippen LogP contribution in [0.15, 0.2) is 36.7 Å². The first-order valence-corrected chi connectivity index (χ1v) is 10.3. The lowest BCUT2D eigenvalue weighted by molar-refractivity contribution is -0.140. The molecule has 1 aliphatic heterocycles. The molecule has 30 heavy (non-hydrogen) atoms. The Kier molecular flexibility index (Phi) is 5.83. The van der Waals surface area contributed by atoms with Crippen LogP contribution in [0.5, 0.6) is 11.5 Å². The highest BCUT2D eigenvalue weighted by atomic mass is 16.5. The van der Waals surface area contributed by atoms with Crippen molar-refractivity contribution in [3.63, 3.8) is 0 Å². The summed E-state index contributed by atoms with van der Waals surface area (Å²) < 4.78 is 12.9. The molecule has 0 N–H and O–H groups in total. The van der Waals surface area contributed by atoms with Gasteiger partial charge in [-0.15, -0.1) is 0 Å². The molecule has 2 aromatic heterocycles. The first-order valence-electron chi connectivity index (χ1n) is 10.3. The molecule has 0 unspecified atom stereocenters. The fourth-order valence-corrected chi connectivity index (χ4v) is 4.01. The highest BCUT2D eigenvalue weighted by molar-refractivity contribution is 5.81. The third-order valence-electron chi connectivity index (χ3n) is 5.59. The molecule has 3 aromatic rings. The maximum atomic E-state index is 13.2. The molecule has 158 valence electrons. The van der Waals surface area contributed by atoms with Crippen LogP contribution < -0.4 is 9.47 Å². The molecule has 8 heteroatoms. The first kappa shape index (κ1) is 20.1. The molecule has 0 spiro atoms. The molecule has 8 nitrogen and oxygen atoms in total. The molecule has 1 amide bonds. The van der Waals surface area contributed by atoms with Crippen molar-refractivity contribution in [1.82, 2.24) is 24.6 Å². The molecule has 3 heterocycles. The minimum absolute atomic E-state index is 0.0179. The molecule has 0 aliphatic carbocycles. The Morgan fingerprint density at radius 2 is 1.93 bits per heavy atom. The number of carbonyl (C=O) groups excluding carboxylic acids is 1. The second kappa shape index (κ2) is 8.69. The van der Waals surface area contributed by atoms with Crippen LogP contribution in [0.4, 0.5) is 0 Å². The van der Waals surface area contributed by atoms with Gasteiger partial charge in [0.25, 0.3) is 5.91 Å². The third-order valence-corrected chi connectivity index (χ3v) is 5.59. The Balaban J connectivity index is 1.49. The molecule has 0 saturated carbocycles. The molecular formula is C22H27N5O3. The lowest BCUT2D eigenvalue weighted by Gasteiger charge is -2.34. The largest absolute Gasteiger partial charge is 0.497 e. The number of benzene rings is 1. The van der Waals surface area contributed by atoms with Gasteiger partial charge in [-0.1, -0.05) is 6.92 Å².